The van der Waals surface area contributed by atoms with Gasteiger partial charge in [-0.05, 0) is 37.0 Å². The molecule has 2 aliphatic rings. The largest absolute Gasteiger partial charge is 0.482 e. The van der Waals surface area contributed by atoms with Gasteiger partial charge in [0.05, 0.1) is 17.1 Å². The predicted octanol–water partition coefficient (Wildman–Crippen LogP) is 3.43. The summed E-state index contributed by atoms with van der Waals surface area (Å²) in [6.45, 7) is 0.143. The van der Waals surface area contributed by atoms with E-state index in [4.69, 9.17) is 4.74 Å². The number of ketones is 1. The highest BCUT2D eigenvalue weighted by Gasteiger charge is 2.35. The second-order valence-electron chi connectivity index (χ2n) is 6.58. The number of hydrogen-bond donors (Lipinski definition) is 0. The molecule has 1 heterocycles. The zero-order chi connectivity index (χ0) is 18.3. The number of fused-ring (bicyclic) bond motifs is 1. The molecular formula is C19H18FNO4S. The number of Topliss-reactive ketones (excluding diaryl/α,β-unsaturated/α-hetero) is 1. The van der Waals surface area contributed by atoms with Crippen LogP contribution in [0.4, 0.5) is 10.1 Å². The van der Waals surface area contributed by atoms with E-state index < -0.39 is 21.9 Å². The van der Waals surface area contributed by atoms with Gasteiger partial charge in [0.15, 0.2) is 11.9 Å². The van der Waals surface area contributed by atoms with Crippen LogP contribution in [0.2, 0.25) is 0 Å². The average Bonchev–Trinajstić information content (AvgIpc) is 2.88. The van der Waals surface area contributed by atoms with Crippen molar-refractivity contribution >= 4 is 21.5 Å². The lowest BCUT2D eigenvalue weighted by molar-refractivity contribution is -0.127. The molecule has 1 unspecified atom stereocenters. The summed E-state index contributed by atoms with van der Waals surface area (Å²) in [7, 11) is -3.73. The molecular weight excluding hydrogens is 357 g/mol. The van der Waals surface area contributed by atoms with Gasteiger partial charge < -0.3 is 4.74 Å². The molecule has 136 valence electrons. The van der Waals surface area contributed by atoms with E-state index in [1.54, 1.807) is 24.3 Å². The van der Waals surface area contributed by atoms with Crippen molar-refractivity contribution in [2.75, 3.05) is 4.31 Å². The van der Waals surface area contributed by atoms with Crippen LogP contribution >= 0.6 is 0 Å². The number of ether oxygens (including phenoxy) is 1. The van der Waals surface area contributed by atoms with Crippen molar-refractivity contribution in [2.45, 2.75) is 43.2 Å². The van der Waals surface area contributed by atoms with E-state index in [2.05, 4.69) is 0 Å². The molecule has 5 nitrogen and oxygen atoms in total. The lowest BCUT2D eigenvalue weighted by Crippen LogP contribution is -2.30. The van der Waals surface area contributed by atoms with E-state index in [9.17, 15) is 17.6 Å². The van der Waals surface area contributed by atoms with Gasteiger partial charge in [-0.1, -0.05) is 18.2 Å². The van der Waals surface area contributed by atoms with Gasteiger partial charge in [-0.25, -0.2) is 12.8 Å². The number of sulfonamides is 1. The minimum absolute atomic E-state index is 0.00302. The molecule has 4 rings (SSSR count). The van der Waals surface area contributed by atoms with Gasteiger partial charge in [0.2, 0.25) is 0 Å². The van der Waals surface area contributed by atoms with E-state index in [1.165, 1.54) is 18.2 Å². The molecule has 7 heteroatoms. The Hall–Kier alpha value is -2.41. The second kappa shape index (κ2) is 6.39. The standard InChI is InChI=1S/C19H18FNO4S/c20-14-9-15(11-16(10-14)25-18-7-3-2-6-17(18)22)21-12-13-5-1-4-8-19(13)26(21,23)24/h1,4-5,8-11,18H,2-3,6-7,12H2. The van der Waals surface area contributed by atoms with Gasteiger partial charge in [0, 0.05) is 18.6 Å². The van der Waals surface area contributed by atoms with Crippen LogP contribution in [0.1, 0.15) is 31.2 Å². The summed E-state index contributed by atoms with van der Waals surface area (Å²) < 4.78 is 46.5. The molecule has 0 radical (unpaired) electrons. The maximum absolute atomic E-state index is 14.1. The topological polar surface area (TPSA) is 63.7 Å². The monoisotopic (exact) mass is 375 g/mol. The number of rotatable bonds is 3. The quantitative estimate of drug-likeness (QED) is 0.825. The molecule has 26 heavy (non-hydrogen) atoms. The molecule has 1 fully saturated rings. The van der Waals surface area contributed by atoms with E-state index in [1.807, 2.05) is 0 Å². The van der Waals surface area contributed by atoms with E-state index in [-0.39, 0.29) is 28.7 Å². The third-order valence-electron chi connectivity index (χ3n) is 4.78. The Bertz CT molecular complexity index is 973. The number of carbonyl (C=O) groups is 1. The van der Waals surface area contributed by atoms with Crippen LogP contribution in [0.25, 0.3) is 0 Å². The van der Waals surface area contributed by atoms with Crippen molar-refractivity contribution in [3.8, 4) is 5.75 Å². The van der Waals surface area contributed by atoms with Gasteiger partial charge in [0.1, 0.15) is 11.6 Å². The summed E-state index contributed by atoms with van der Waals surface area (Å²) in [5.41, 5.74) is 0.862. The van der Waals surface area contributed by atoms with Gasteiger partial charge >= 0.3 is 0 Å². The summed E-state index contributed by atoms with van der Waals surface area (Å²) in [6, 6.07) is 10.5. The lowest BCUT2D eigenvalue weighted by atomic mass is 9.96. The molecule has 1 aliphatic heterocycles. The summed E-state index contributed by atoms with van der Waals surface area (Å²) >= 11 is 0. The first-order chi connectivity index (χ1) is 12.4. The first kappa shape index (κ1) is 17.0. The Morgan fingerprint density at radius 1 is 1.12 bits per heavy atom. The van der Waals surface area contributed by atoms with Crippen LogP contribution in [0, 0.1) is 5.82 Å². The first-order valence-corrected chi connectivity index (χ1v) is 10.00. The van der Waals surface area contributed by atoms with Crippen LogP contribution in [0.5, 0.6) is 5.75 Å². The lowest BCUT2D eigenvalue weighted by Gasteiger charge is -2.23. The molecule has 0 N–H and O–H groups in total. The van der Waals surface area contributed by atoms with Gasteiger partial charge in [-0.15, -0.1) is 0 Å². The molecule has 0 aromatic heterocycles. The molecule has 1 aliphatic carbocycles. The Morgan fingerprint density at radius 3 is 2.69 bits per heavy atom. The SMILES string of the molecule is O=C1CCCCC1Oc1cc(F)cc(N2Cc3ccccc3S2(=O)=O)c1. The van der Waals surface area contributed by atoms with Crippen molar-refractivity contribution in [1.82, 2.24) is 0 Å². The molecule has 0 spiro atoms. The maximum Gasteiger partial charge on any atom is 0.264 e. The molecule has 2 aromatic rings. The molecule has 0 amide bonds. The molecule has 2 aromatic carbocycles. The molecule has 1 saturated carbocycles. The highest BCUT2D eigenvalue weighted by molar-refractivity contribution is 7.93. The van der Waals surface area contributed by atoms with Crippen molar-refractivity contribution in [3.05, 3.63) is 53.8 Å². The van der Waals surface area contributed by atoms with Crippen LogP contribution < -0.4 is 9.04 Å². The molecule has 1 atom stereocenters. The van der Waals surface area contributed by atoms with Gasteiger partial charge in [0.25, 0.3) is 10.0 Å². The van der Waals surface area contributed by atoms with E-state index >= 15 is 0 Å². The third kappa shape index (κ3) is 2.96. The zero-order valence-electron chi connectivity index (χ0n) is 14.0. The van der Waals surface area contributed by atoms with E-state index in [0.717, 1.165) is 17.1 Å². The predicted molar refractivity (Wildman–Crippen MR) is 94.1 cm³/mol. The van der Waals surface area contributed by atoms with Crippen molar-refractivity contribution in [2.24, 2.45) is 0 Å². The fourth-order valence-electron chi connectivity index (χ4n) is 3.47. The van der Waals surface area contributed by atoms with Crippen LogP contribution in [-0.2, 0) is 21.4 Å². The summed E-state index contributed by atoms with van der Waals surface area (Å²) in [6.07, 6.45) is 2.19. The van der Waals surface area contributed by atoms with Gasteiger partial charge in [-0.2, -0.15) is 0 Å². The molecule has 0 saturated heterocycles. The summed E-state index contributed by atoms with van der Waals surface area (Å²) in [5, 5.41) is 0. The van der Waals surface area contributed by atoms with Crippen LogP contribution in [-0.4, -0.2) is 20.3 Å². The van der Waals surface area contributed by atoms with E-state index in [0.29, 0.717) is 18.4 Å². The highest BCUT2D eigenvalue weighted by atomic mass is 32.2. The Labute approximate surface area is 151 Å². The number of hydrogen-bond acceptors (Lipinski definition) is 4. The smallest absolute Gasteiger partial charge is 0.264 e. The Kier molecular flexibility index (Phi) is 4.19. The number of anilines is 1. The number of halogens is 1. The average molecular weight is 375 g/mol. The minimum Gasteiger partial charge on any atom is -0.482 e. The fraction of sp³-hybridized carbons (Fsp3) is 0.316. The molecule has 0 bridgehead atoms. The normalized spacial score (nSPS) is 21.5. The second-order valence-corrected chi connectivity index (χ2v) is 8.41. The van der Waals surface area contributed by atoms with Crippen molar-refractivity contribution in [3.63, 3.8) is 0 Å². The fourth-order valence-corrected chi connectivity index (χ4v) is 5.12. The number of carbonyl (C=O) groups excluding carboxylic acids is 1. The first-order valence-electron chi connectivity index (χ1n) is 8.56. The van der Waals surface area contributed by atoms with Gasteiger partial charge in [-0.3, -0.25) is 9.10 Å². The van der Waals surface area contributed by atoms with Crippen molar-refractivity contribution in [1.29, 1.82) is 0 Å². The number of benzene rings is 2. The zero-order valence-corrected chi connectivity index (χ0v) is 14.8. The highest BCUT2D eigenvalue weighted by Crippen LogP contribution is 2.36. The maximum atomic E-state index is 14.1. The number of nitrogens with zero attached hydrogens (tertiary/aromatic N) is 1. The van der Waals surface area contributed by atoms with Crippen LogP contribution in [0.15, 0.2) is 47.4 Å². The van der Waals surface area contributed by atoms with Crippen molar-refractivity contribution < 1.29 is 22.3 Å². The Morgan fingerprint density at radius 2 is 1.92 bits per heavy atom. The summed E-state index contributed by atoms with van der Waals surface area (Å²) in [4.78, 5) is 12.2. The van der Waals surface area contributed by atoms with Crippen LogP contribution in [0.3, 0.4) is 0 Å². The third-order valence-corrected chi connectivity index (χ3v) is 6.65. The minimum atomic E-state index is -3.73. The summed E-state index contributed by atoms with van der Waals surface area (Å²) in [5.74, 6) is -0.429. The Balaban J connectivity index is 1.66.